The van der Waals surface area contributed by atoms with Crippen LogP contribution in [0.25, 0.3) is 0 Å². The lowest BCUT2D eigenvalue weighted by molar-refractivity contribution is -0.191. The van der Waals surface area contributed by atoms with Gasteiger partial charge in [-0.15, -0.1) is 0 Å². The smallest absolute Gasteiger partial charge is 0.288 e. The molecule has 21 heavy (non-hydrogen) atoms. The van der Waals surface area contributed by atoms with Crippen LogP contribution in [0.1, 0.15) is 44.4 Å². The number of carbonyl (C=O) groups is 1. The Kier molecular flexibility index (Phi) is 4.02. The Hall–Kier alpha value is -1.56. The SMILES string of the molecule is CC(C)(C)c1ccc(C(N2CCC(=O)N2)C(F)(F)F)cc1. The summed E-state index contributed by atoms with van der Waals surface area (Å²) in [5.41, 5.74) is 3.27. The molecule has 1 aromatic carbocycles. The van der Waals surface area contributed by atoms with E-state index in [2.05, 4.69) is 5.43 Å². The Labute approximate surface area is 122 Å². The summed E-state index contributed by atoms with van der Waals surface area (Å²) in [5, 5.41) is 0.967. The third-order valence-corrected chi connectivity index (χ3v) is 3.56. The molecule has 1 amide bonds. The van der Waals surface area contributed by atoms with Crippen molar-refractivity contribution in [1.82, 2.24) is 10.4 Å². The van der Waals surface area contributed by atoms with Crippen LogP contribution in [-0.4, -0.2) is 23.6 Å². The first kappa shape index (κ1) is 15.8. The first-order valence-corrected chi connectivity index (χ1v) is 6.82. The molecule has 116 valence electrons. The first-order chi connectivity index (χ1) is 9.59. The lowest BCUT2D eigenvalue weighted by atomic mass is 9.86. The molecule has 3 nitrogen and oxygen atoms in total. The second-order valence-electron chi connectivity index (χ2n) is 6.29. The third kappa shape index (κ3) is 3.56. The maximum Gasteiger partial charge on any atom is 0.409 e. The molecular weight excluding hydrogens is 281 g/mol. The third-order valence-electron chi connectivity index (χ3n) is 3.56. The minimum Gasteiger partial charge on any atom is -0.288 e. The Bertz CT molecular complexity index is 517. The van der Waals surface area contributed by atoms with Crippen molar-refractivity contribution < 1.29 is 18.0 Å². The average molecular weight is 300 g/mol. The molecule has 1 aliphatic heterocycles. The first-order valence-electron chi connectivity index (χ1n) is 6.82. The Morgan fingerprint density at radius 1 is 1.14 bits per heavy atom. The number of hydrogen-bond acceptors (Lipinski definition) is 2. The van der Waals surface area contributed by atoms with E-state index in [9.17, 15) is 18.0 Å². The van der Waals surface area contributed by atoms with E-state index in [1.54, 1.807) is 12.1 Å². The van der Waals surface area contributed by atoms with Gasteiger partial charge in [0.1, 0.15) is 6.04 Å². The van der Waals surface area contributed by atoms with E-state index in [4.69, 9.17) is 0 Å². The number of alkyl halides is 3. The quantitative estimate of drug-likeness (QED) is 0.908. The van der Waals surface area contributed by atoms with Gasteiger partial charge in [-0.2, -0.15) is 13.2 Å². The van der Waals surface area contributed by atoms with E-state index in [1.165, 1.54) is 12.1 Å². The summed E-state index contributed by atoms with van der Waals surface area (Å²) in [6, 6.07) is 4.60. The predicted molar refractivity (Wildman–Crippen MR) is 73.4 cm³/mol. The van der Waals surface area contributed by atoms with Gasteiger partial charge in [0.2, 0.25) is 5.91 Å². The van der Waals surface area contributed by atoms with Crippen molar-refractivity contribution in [2.45, 2.75) is 44.8 Å². The molecule has 1 N–H and O–H groups in total. The van der Waals surface area contributed by atoms with E-state index in [-0.39, 0.29) is 29.9 Å². The second kappa shape index (κ2) is 5.33. The van der Waals surface area contributed by atoms with Crippen LogP contribution >= 0.6 is 0 Å². The van der Waals surface area contributed by atoms with Gasteiger partial charge in [0, 0.05) is 13.0 Å². The summed E-state index contributed by atoms with van der Waals surface area (Å²) in [6.07, 6.45) is -4.35. The minimum atomic E-state index is -4.44. The Morgan fingerprint density at radius 2 is 1.71 bits per heavy atom. The summed E-state index contributed by atoms with van der Waals surface area (Å²) >= 11 is 0. The molecule has 0 radical (unpaired) electrons. The lowest BCUT2D eigenvalue weighted by Crippen LogP contribution is -2.43. The lowest BCUT2D eigenvalue weighted by Gasteiger charge is -2.29. The molecule has 0 aliphatic carbocycles. The highest BCUT2D eigenvalue weighted by molar-refractivity contribution is 5.77. The van der Waals surface area contributed by atoms with Gasteiger partial charge < -0.3 is 0 Å². The van der Waals surface area contributed by atoms with Crippen LogP contribution in [0.15, 0.2) is 24.3 Å². The van der Waals surface area contributed by atoms with Crippen LogP contribution in [0, 0.1) is 0 Å². The summed E-state index contributed by atoms with van der Waals surface area (Å²) in [6.45, 7) is 6.07. The fraction of sp³-hybridized carbons (Fsp3) is 0.533. The molecule has 1 saturated heterocycles. The topological polar surface area (TPSA) is 32.3 Å². The number of nitrogens with zero attached hydrogens (tertiary/aromatic N) is 1. The van der Waals surface area contributed by atoms with Gasteiger partial charge in [-0.3, -0.25) is 10.2 Å². The summed E-state index contributed by atoms with van der Waals surface area (Å²) in [7, 11) is 0. The zero-order valence-electron chi connectivity index (χ0n) is 12.3. The number of nitrogens with one attached hydrogen (secondary N) is 1. The normalized spacial score (nSPS) is 18.7. The molecule has 0 spiro atoms. The van der Waals surface area contributed by atoms with E-state index in [1.807, 2.05) is 20.8 Å². The fourth-order valence-corrected chi connectivity index (χ4v) is 2.40. The Balaban J connectivity index is 2.32. The van der Waals surface area contributed by atoms with Crippen LogP contribution in [0.3, 0.4) is 0 Å². The molecule has 1 aliphatic rings. The van der Waals surface area contributed by atoms with Crippen molar-refractivity contribution in [3.63, 3.8) is 0 Å². The van der Waals surface area contributed by atoms with Crippen LogP contribution in [0.4, 0.5) is 13.2 Å². The molecule has 1 aromatic rings. The number of benzene rings is 1. The maximum atomic E-state index is 13.3. The predicted octanol–water partition coefficient (Wildman–Crippen LogP) is 3.32. The number of halogens is 3. The molecule has 0 bridgehead atoms. The van der Waals surface area contributed by atoms with Crippen molar-refractivity contribution >= 4 is 5.91 Å². The molecule has 1 atom stereocenters. The van der Waals surface area contributed by atoms with Gasteiger partial charge >= 0.3 is 6.18 Å². The number of amides is 1. The van der Waals surface area contributed by atoms with Gasteiger partial charge in [-0.25, -0.2) is 5.01 Å². The number of carbonyl (C=O) groups excluding carboxylic acids is 1. The summed E-state index contributed by atoms with van der Waals surface area (Å²) in [4.78, 5) is 11.2. The molecule has 0 saturated carbocycles. The van der Waals surface area contributed by atoms with E-state index in [0.29, 0.717) is 0 Å². The van der Waals surface area contributed by atoms with Crippen LogP contribution in [0.5, 0.6) is 0 Å². The Morgan fingerprint density at radius 3 is 2.10 bits per heavy atom. The highest BCUT2D eigenvalue weighted by atomic mass is 19.4. The molecule has 2 rings (SSSR count). The van der Waals surface area contributed by atoms with Crippen LogP contribution in [0.2, 0.25) is 0 Å². The van der Waals surface area contributed by atoms with Crippen LogP contribution < -0.4 is 5.43 Å². The molecular formula is C15H19F3N2O. The number of hydrogen-bond donors (Lipinski definition) is 1. The fourth-order valence-electron chi connectivity index (χ4n) is 2.40. The number of rotatable bonds is 2. The van der Waals surface area contributed by atoms with Crippen LogP contribution in [-0.2, 0) is 10.2 Å². The molecule has 1 heterocycles. The van der Waals surface area contributed by atoms with Crippen molar-refractivity contribution in [2.75, 3.05) is 6.54 Å². The summed E-state index contributed by atoms with van der Waals surface area (Å²) in [5.74, 6) is -0.379. The molecule has 1 unspecified atom stereocenters. The van der Waals surface area contributed by atoms with Gasteiger partial charge in [-0.1, -0.05) is 45.0 Å². The minimum absolute atomic E-state index is 0.0596. The second-order valence-corrected chi connectivity index (χ2v) is 6.29. The van der Waals surface area contributed by atoms with E-state index < -0.39 is 12.2 Å². The van der Waals surface area contributed by atoms with Crippen molar-refractivity contribution in [3.05, 3.63) is 35.4 Å². The number of hydrazine groups is 1. The molecule has 6 heteroatoms. The zero-order chi connectivity index (χ0) is 15.8. The van der Waals surface area contributed by atoms with Gasteiger partial charge in [0.05, 0.1) is 0 Å². The van der Waals surface area contributed by atoms with Gasteiger partial charge in [0.15, 0.2) is 0 Å². The standard InChI is InChI=1S/C15H19F3N2O/c1-14(2,3)11-6-4-10(5-7-11)13(15(16,17)18)20-9-8-12(21)19-20/h4-7,13H,8-9H2,1-3H3,(H,19,21). The zero-order valence-corrected chi connectivity index (χ0v) is 12.3. The highest BCUT2D eigenvalue weighted by Crippen LogP contribution is 2.38. The largest absolute Gasteiger partial charge is 0.409 e. The van der Waals surface area contributed by atoms with Crippen molar-refractivity contribution in [3.8, 4) is 0 Å². The van der Waals surface area contributed by atoms with Gasteiger partial charge in [-0.05, 0) is 16.5 Å². The van der Waals surface area contributed by atoms with E-state index >= 15 is 0 Å². The molecule has 0 aromatic heterocycles. The van der Waals surface area contributed by atoms with Gasteiger partial charge in [0.25, 0.3) is 0 Å². The summed E-state index contributed by atoms with van der Waals surface area (Å²) < 4.78 is 40.0. The maximum absolute atomic E-state index is 13.3. The van der Waals surface area contributed by atoms with Crippen molar-refractivity contribution in [1.29, 1.82) is 0 Å². The van der Waals surface area contributed by atoms with Crippen molar-refractivity contribution in [2.24, 2.45) is 0 Å². The molecule has 1 fully saturated rings. The average Bonchev–Trinajstić information content (AvgIpc) is 2.73. The monoisotopic (exact) mass is 300 g/mol. The highest BCUT2D eigenvalue weighted by Gasteiger charge is 2.46. The van der Waals surface area contributed by atoms with E-state index in [0.717, 1.165) is 10.6 Å².